The zero-order chi connectivity index (χ0) is 41.6. The van der Waals surface area contributed by atoms with Crippen LogP contribution in [-0.4, -0.2) is 28.3 Å². The number of fused-ring (bicyclic) bond motifs is 3. The molecule has 1 aromatic heterocycles. The first-order chi connectivity index (χ1) is 30.3. The van der Waals surface area contributed by atoms with Crippen LogP contribution in [0.4, 0.5) is 0 Å². The molecule has 0 unspecified atom stereocenters. The molecule has 8 aromatic carbocycles. The molecular formula is C57H48N3OP. The van der Waals surface area contributed by atoms with E-state index in [1.54, 1.807) is 0 Å². The highest BCUT2D eigenvalue weighted by Crippen LogP contribution is 2.65. The molecule has 4 aliphatic carbocycles. The van der Waals surface area contributed by atoms with E-state index in [0.717, 1.165) is 66.3 Å². The van der Waals surface area contributed by atoms with E-state index in [1.807, 2.05) is 25.5 Å². The predicted molar refractivity (Wildman–Crippen MR) is 257 cm³/mol. The highest BCUT2D eigenvalue weighted by Gasteiger charge is 2.58. The Bertz CT molecular complexity index is 3180. The van der Waals surface area contributed by atoms with Crippen LogP contribution >= 0.6 is 7.14 Å². The molecule has 4 nitrogen and oxygen atoms in total. The van der Waals surface area contributed by atoms with Crippen molar-refractivity contribution in [2.45, 2.75) is 37.5 Å². The van der Waals surface area contributed by atoms with E-state index in [0.29, 0.717) is 29.3 Å². The minimum absolute atomic E-state index is 0.0583. The Balaban J connectivity index is 1.00. The van der Waals surface area contributed by atoms with Crippen molar-refractivity contribution in [3.8, 4) is 45.3 Å². The second kappa shape index (κ2) is 14.4. The molecule has 4 fully saturated rings. The van der Waals surface area contributed by atoms with Crippen molar-refractivity contribution in [2.75, 3.05) is 13.3 Å². The predicted octanol–water partition coefficient (Wildman–Crippen LogP) is 14.0. The first-order valence-corrected chi connectivity index (χ1v) is 24.9. The Morgan fingerprint density at radius 3 is 1.56 bits per heavy atom. The largest absolute Gasteiger partial charge is 0.319 e. The molecule has 62 heavy (non-hydrogen) atoms. The Morgan fingerprint density at radius 1 is 0.435 bits per heavy atom. The Kier molecular flexibility index (Phi) is 8.74. The van der Waals surface area contributed by atoms with Crippen molar-refractivity contribution in [3.63, 3.8) is 0 Å². The molecule has 1 heterocycles. The van der Waals surface area contributed by atoms with Gasteiger partial charge >= 0.3 is 0 Å². The van der Waals surface area contributed by atoms with Crippen LogP contribution in [0, 0.1) is 23.7 Å². The van der Waals surface area contributed by atoms with Gasteiger partial charge in [-0.15, -0.1) is 0 Å². The maximum Gasteiger partial charge on any atom is 0.165 e. The van der Waals surface area contributed by atoms with E-state index in [2.05, 4.69) is 158 Å². The summed E-state index contributed by atoms with van der Waals surface area (Å²) in [7, 11) is -2.37. The average molecular weight is 822 g/mol. The topological polar surface area (TPSA) is 55.7 Å². The summed E-state index contributed by atoms with van der Waals surface area (Å²) in [6.07, 6.45) is 6.60. The Labute approximate surface area is 363 Å². The summed E-state index contributed by atoms with van der Waals surface area (Å²) in [6, 6.07) is 61.5. The molecule has 13 rings (SSSR count). The maximum absolute atomic E-state index is 13.0. The van der Waals surface area contributed by atoms with Gasteiger partial charge in [-0.25, -0.2) is 15.0 Å². The number of hydrogen-bond donors (Lipinski definition) is 0. The highest BCUT2D eigenvalue weighted by molar-refractivity contribution is 7.70. The fourth-order valence-electron chi connectivity index (χ4n) is 12.2. The molecule has 302 valence electrons. The van der Waals surface area contributed by atoms with Crippen molar-refractivity contribution >= 4 is 44.8 Å². The van der Waals surface area contributed by atoms with Crippen molar-refractivity contribution in [3.05, 3.63) is 181 Å². The zero-order valence-electron chi connectivity index (χ0n) is 35.2. The molecule has 0 aliphatic heterocycles. The summed E-state index contributed by atoms with van der Waals surface area (Å²) in [5.74, 6) is 4.91. The second-order valence-electron chi connectivity index (χ2n) is 18.8. The molecule has 0 saturated heterocycles. The van der Waals surface area contributed by atoms with E-state index in [9.17, 15) is 4.57 Å². The van der Waals surface area contributed by atoms with Gasteiger partial charge in [0.05, 0.1) is 0 Å². The van der Waals surface area contributed by atoms with Crippen molar-refractivity contribution in [1.82, 2.24) is 15.0 Å². The van der Waals surface area contributed by atoms with Gasteiger partial charge in [-0.05, 0) is 142 Å². The summed E-state index contributed by atoms with van der Waals surface area (Å²) < 4.78 is 13.0. The van der Waals surface area contributed by atoms with E-state index < -0.39 is 7.14 Å². The Hall–Kier alpha value is -6.22. The SMILES string of the molecule is CP(C)(=O)c1cccc(-c2ccc(C3(c4ccc(-c5nc(-c6ccc7ccccc7c6)nc(-c6c7ccccc7cc7ccccc67)n5)cc4)C4CC5CC(C4)CC3C5)cc2)c1. The third kappa shape index (κ3) is 6.17. The van der Waals surface area contributed by atoms with E-state index in [4.69, 9.17) is 15.0 Å². The summed E-state index contributed by atoms with van der Waals surface area (Å²) in [5, 5.41) is 7.85. The lowest BCUT2D eigenvalue weighted by atomic mass is 9.42. The molecule has 0 atom stereocenters. The van der Waals surface area contributed by atoms with Gasteiger partial charge in [0.25, 0.3) is 0 Å². The average Bonchev–Trinajstić information content (AvgIpc) is 3.30. The minimum atomic E-state index is -2.37. The van der Waals surface area contributed by atoms with Gasteiger partial charge in [0.15, 0.2) is 17.5 Å². The maximum atomic E-state index is 13.0. The van der Waals surface area contributed by atoms with Gasteiger partial charge in [-0.1, -0.05) is 152 Å². The number of rotatable bonds is 7. The fraction of sp³-hybridized carbons (Fsp3) is 0.211. The monoisotopic (exact) mass is 821 g/mol. The molecule has 0 N–H and O–H groups in total. The summed E-state index contributed by atoms with van der Waals surface area (Å²) in [5.41, 5.74) is 8.06. The van der Waals surface area contributed by atoms with Crippen LogP contribution in [0.2, 0.25) is 0 Å². The van der Waals surface area contributed by atoms with Gasteiger partial charge in [-0.3, -0.25) is 0 Å². The summed E-state index contributed by atoms with van der Waals surface area (Å²) in [4.78, 5) is 16.0. The lowest BCUT2D eigenvalue weighted by molar-refractivity contribution is -0.0418. The molecule has 4 bridgehead atoms. The molecule has 0 radical (unpaired) electrons. The standard InChI is InChI=1S/C57H48N3OP/c1-62(2,61)50-15-9-14-42(35-50)39-20-24-46(25-21-39)57(48-29-36-28-37(31-48)32-49(57)30-36)47-26-22-40(23-27-47)54-58-55(45-19-18-38-10-3-4-11-41(38)33-45)60-56(59-54)53-51-16-7-5-12-43(51)34-44-13-6-8-17-52(44)53/h3-27,33-37,48-49H,28-32H2,1-2H3. The number of nitrogens with zero attached hydrogens (tertiary/aromatic N) is 3. The number of hydrogen-bond acceptors (Lipinski definition) is 4. The van der Waals surface area contributed by atoms with Crippen molar-refractivity contribution in [2.24, 2.45) is 23.7 Å². The Morgan fingerprint density at radius 2 is 0.952 bits per heavy atom. The molecule has 0 amide bonds. The third-order valence-corrected chi connectivity index (χ3v) is 16.4. The smallest absolute Gasteiger partial charge is 0.165 e. The van der Waals surface area contributed by atoms with E-state index in [-0.39, 0.29) is 5.41 Å². The van der Waals surface area contributed by atoms with Crippen LogP contribution in [-0.2, 0) is 9.98 Å². The normalized spacial score (nSPS) is 21.8. The van der Waals surface area contributed by atoms with Crippen LogP contribution in [0.1, 0.15) is 43.2 Å². The fourth-order valence-corrected chi connectivity index (χ4v) is 13.1. The van der Waals surface area contributed by atoms with Gasteiger partial charge < -0.3 is 4.57 Å². The van der Waals surface area contributed by atoms with Crippen LogP contribution in [0.5, 0.6) is 0 Å². The molecular weight excluding hydrogens is 774 g/mol. The third-order valence-electron chi connectivity index (χ3n) is 14.8. The summed E-state index contributed by atoms with van der Waals surface area (Å²) in [6.45, 7) is 3.71. The van der Waals surface area contributed by atoms with Gasteiger partial charge in [0.2, 0.25) is 0 Å². The van der Waals surface area contributed by atoms with Crippen LogP contribution < -0.4 is 5.30 Å². The number of benzene rings is 8. The molecule has 4 saturated carbocycles. The van der Waals surface area contributed by atoms with Crippen LogP contribution in [0.3, 0.4) is 0 Å². The molecule has 9 aromatic rings. The number of aromatic nitrogens is 3. The van der Waals surface area contributed by atoms with Crippen molar-refractivity contribution in [1.29, 1.82) is 0 Å². The second-order valence-corrected chi connectivity index (χ2v) is 22.0. The highest BCUT2D eigenvalue weighted by atomic mass is 31.2. The lowest BCUT2D eigenvalue weighted by Crippen LogP contribution is -2.56. The van der Waals surface area contributed by atoms with E-state index in [1.165, 1.54) is 54.2 Å². The zero-order valence-corrected chi connectivity index (χ0v) is 36.1. The quantitative estimate of drug-likeness (QED) is 0.119. The molecule has 4 aliphatic rings. The van der Waals surface area contributed by atoms with Crippen molar-refractivity contribution < 1.29 is 4.57 Å². The first-order valence-electron chi connectivity index (χ1n) is 22.3. The van der Waals surface area contributed by atoms with Gasteiger partial charge in [-0.2, -0.15) is 0 Å². The molecule has 0 spiro atoms. The summed E-state index contributed by atoms with van der Waals surface area (Å²) >= 11 is 0. The van der Waals surface area contributed by atoms with Gasteiger partial charge in [0, 0.05) is 27.4 Å². The first kappa shape index (κ1) is 37.5. The van der Waals surface area contributed by atoms with Crippen LogP contribution in [0.25, 0.3) is 77.6 Å². The van der Waals surface area contributed by atoms with E-state index >= 15 is 0 Å². The van der Waals surface area contributed by atoms with Gasteiger partial charge in [0.1, 0.15) is 7.14 Å². The van der Waals surface area contributed by atoms with Crippen LogP contribution in [0.15, 0.2) is 170 Å². The lowest BCUT2D eigenvalue weighted by Gasteiger charge is -2.62. The minimum Gasteiger partial charge on any atom is -0.319 e. The molecule has 5 heteroatoms.